The standard InChI is InChI=1S/C23H30N2O4S/c1-18(19-13-15-21(29-2)16-14-19)24-23(26)17-25(20-9-5-3-6-10-20)30(27,28)22-11-7-4-8-12-22/h4,7-8,11-16,18,20H,3,5-6,9-10,17H2,1-2H3,(H,24,26). The number of methoxy groups -OCH3 is 1. The molecular formula is C23H30N2O4S. The van der Waals surface area contributed by atoms with Gasteiger partial charge in [-0.15, -0.1) is 0 Å². The fraction of sp³-hybridized carbons (Fsp3) is 0.435. The van der Waals surface area contributed by atoms with Crippen LogP contribution in [0.5, 0.6) is 5.75 Å². The van der Waals surface area contributed by atoms with Crippen LogP contribution in [-0.2, 0) is 14.8 Å². The summed E-state index contributed by atoms with van der Waals surface area (Å²) in [6, 6.07) is 15.4. The molecule has 0 saturated heterocycles. The molecule has 3 rings (SSSR count). The fourth-order valence-electron chi connectivity index (χ4n) is 3.91. The van der Waals surface area contributed by atoms with Gasteiger partial charge >= 0.3 is 0 Å². The maximum absolute atomic E-state index is 13.3. The highest BCUT2D eigenvalue weighted by atomic mass is 32.2. The number of nitrogens with one attached hydrogen (secondary N) is 1. The van der Waals surface area contributed by atoms with E-state index in [0.29, 0.717) is 0 Å². The highest BCUT2D eigenvalue weighted by molar-refractivity contribution is 7.89. The molecule has 1 unspecified atom stereocenters. The number of rotatable bonds is 8. The van der Waals surface area contributed by atoms with Gasteiger partial charge in [0.05, 0.1) is 24.6 Å². The minimum atomic E-state index is -3.75. The third-order valence-electron chi connectivity index (χ3n) is 5.62. The molecule has 0 aliphatic heterocycles. The monoisotopic (exact) mass is 430 g/mol. The third-order valence-corrected chi connectivity index (χ3v) is 7.54. The Bertz CT molecular complexity index is 923. The number of sulfonamides is 1. The molecule has 1 fully saturated rings. The van der Waals surface area contributed by atoms with E-state index in [0.717, 1.165) is 43.4 Å². The minimum Gasteiger partial charge on any atom is -0.497 e. The van der Waals surface area contributed by atoms with Crippen molar-refractivity contribution < 1.29 is 17.9 Å². The van der Waals surface area contributed by atoms with Gasteiger partial charge in [-0.2, -0.15) is 4.31 Å². The van der Waals surface area contributed by atoms with Crippen LogP contribution in [0, 0.1) is 0 Å². The van der Waals surface area contributed by atoms with Gasteiger partial charge in [0.1, 0.15) is 5.75 Å². The second-order valence-electron chi connectivity index (χ2n) is 7.72. The Morgan fingerprint density at radius 3 is 2.30 bits per heavy atom. The molecule has 1 aliphatic rings. The molecule has 0 heterocycles. The van der Waals surface area contributed by atoms with Gasteiger partial charge in [0, 0.05) is 6.04 Å². The maximum atomic E-state index is 13.3. The van der Waals surface area contributed by atoms with E-state index in [4.69, 9.17) is 4.74 Å². The third kappa shape index (κ3) is 5.40. The Balaban J connectivity index is 1.75. The molecule has 1 amide bonds. The van der Waals surface area contributed by atoms with E-state index in [-0.39, 0.29) is 29.4 Å². The van der Waals surface area contributed by atoms with Crippen LogP contribution in [0.25, 0.3) is 0 Å². The summed E-state index contributed by atoms with van der Waals surface area (Å²) in [5.74, 6) is 0.443. The highest BCUT2D eigenvalue weighted by Crippen LogP contribution is 2.28. The topological polar surface area (TPSA) is 75.7 Å². The van der Waals surface area contributed by atoms with Crippen molar-refractivity contribution in [3.8, 4) is 5.75 Å². The zero-order chi connectivity index (χ0) is 21.6. The molecule has 1 saturated carbocycles. The van der Waals surface area contributed by atoms with Gasteiger partial charge < -0.3 is 10.1 Å². The van der Waals surface area contributed by atoms with Crippen LogP contribution < -0.4 is 10.1 Å². The van der Waals surface area contributed by atoms with Crippen LogP contribution in [-0.4, -0.2) is 38.3 Å². The van der Waals surface area contributed by atoms with Crippen molar-refractivity contribution in [2.75, 3.05) is 13.7 Å². The van der Waals surface area contributed by atoms with E-state index in [1.54, 1.807) is 37.4 Å². The van der Waals surface area contributed by atoms with Crippen LogP contribution in [0.2, 0.25) is 0 Å². The van der Waals surface area contributed by atoms with Gasteiger partial charge in [0.15, 0.2) is 0 Å². The number of hydrogen-bond donors (Lipinski definition) is 1. The van der Waals surface area contributed by atoms with Gasteiger partial charge in [0.25, 0.3) is 0 Å². The van der Waals surface area contributed by atoms with Crippen LogP contribution >= 0.6 is 0 Å². The molecule has 162 valence electrons. The SMILES string of the molecule is COc1ccc(C(C)NC(=O)CN(C2CCCCC2)S(=O)(=O)c2ccccc2)cc1. The molecule has 0 aromatic heterocycles. The average molecular weight is 431 g/mol. The fourth-order valence-corrected chi connectivity index (χ4v) is 5.57. The summed E-state index contributed by atoms with van der Waals surface area (Å²) in [5.41, 5.74) is 0.930. The van der Waals surface area contributed by atoms with Crippen molar-refractivity contribution in [3.63, 3.8) is 0 Å². The first-order valence-electron chi connectivity index (χ1n) is 10.4. The van der Waals surface area contributed by atoms with E-state index in [1.807, 2.05) is 31.2 Å². The van der Waals surface area contributed by atoms with Crippen molar-refractivity contribution in [2.24, 2.45) is 0 Å². The van der Waals surface area contributed by atoms with Crippen molar-refractivity contribution >= 4 is 15.9 Å². The lowest BCUT2D eigenvalue weighted by Gasteiger charge is -2.33. The van der Waals surface area contributed by atoms with Crippen molar-refractivity contribution in [1.29, 1.82) is 0 Å². The molecule has 0 radical (unpaired) electrons. The summed E-state index contributed by atoms with van der Waals surface area (Å²) in [7, 11) is -2.14. The van der Waals surface area contributed by atoms with Crippen LogP contribution in [0.3, 0.4) is 0 Å². The van der Waals surface area contributed by atoms with Crippen molar-refractivity contribution in [1.82, 2.24) is 9.62 Å². The number of benzene rings is 2. The van der Waals surface area contributed by atoms with Gasteiger partial charge in [-0.1, -0.05) is 49.6 Å². The summed E-state index contributed by atoms with van der Waals surface area (Å²) < 4.78 is 33.2. The number of carbonyl (C=O) groups is 1. The highest BCUT2D eigenvalue weighted by Gasteiger charge is 2.34. The lowest BCUT2D eigenvalue weighted by Crippen LogP contribution is -2.47. The van der Waals surface area contributed by atoms with Crippen molar-refractivity contribution in [3.05, 3.63) is 60.2 Å². The second-order valence-corrected chi connectivity index (χ2v) is 9.61. The van der Waals surface area contributed by atoms with E-state index >= 15 is 0 Å². The average Bonchev–Trinajstić information content (AvgIpc) is 2.78. The van der Waals surface area contributed by atoms with E-state index in [1.165, 1.54) is 4.31 Å². The van der Waals surface area contributed by atoms with Crippen LogP contribution in [0.4, 0.5) is 0 Å². The van der Waals surface area contributed by atoms with Gasteiger partial charge in [-0.25, -0.2) is 8.42 Å². The molecule has 30 heavy (non-hydrogen) atoms. The number of hydrogen-bond acceptors (Lipinski definition) is 4. The lowest BCUT2D eigenvalue weighted by atomic mass is 9.95. The summed E-state index contributed by atoms with van der Waals surface area (Å²) in [6.07, 6.45) is 4.64. The number of nitrogens with zero attached hydrogens (tertiary/aromatic N) is 1. The van der Waals surface area contributed by atoms with Gasteiger partial charge in [-0.3, -0.25) is 4.79 Å². The minimum absolute atomic E-state index is 0.147. The Kier molecular flexibility index (Phi) is 7.50. The predicted molar refractivity (Wildman–Crippen MR) is 117 cm³/mol. The number of ether oxygens (including phenoxy) is 1. The molecule has 2 aromatic carbocycles. The quantitative estimate of drug-likeness (QED) is 0.689. The van der Waals surface area contributed by atoms with Gasteiger partial charge in [-0.05, 0) is 49.6 Å². The molecule has 0 spiro atoms. The Morgan fingerprint density at radius 2 is 1.70 bits per heavy atom. The van der Waals surface area contributed by atoms with Crippen molar-refractivity contribution in [2.45, 2.75) is 56.0 Å². The molecule has 1 aliphatic carbocycles. The van der Waals surface area contributed by atoms with E-state index in [9.17, 15) is 13.2 Å². The first kappa shape index (κ1) is 22.3. The van der Waals surface area contributed by atoms with E-state index < -0.39 is 10.0 Å². The first-order chi connectivity index (χ1) is 14.4. The maximum Gasteiger partial charge on any atom is 0.243 e. The molecular weight excluding hydrogens is 400 g/mol. The zero-order valence-corrected chi connectivity index (χ0v) is 18.4. The number of carbonyl (C=O) groups excluding carboxylic acids is 1. The molecule has 1 atom stereocenters. The molecule has 1 N–H and O–H groups in total. The summed E-state index contributed by atoms with van der Waals surface area (Å²) in [4.78, 5) is 13.1. The Morgan fingerprint density at radius 1 is 1.07 bits per heavy atom. The smallest absolute Gasteiger partial charge is 0.243 e. The van der Waals surface area contributed by atoms with E-state index in [2.05, 4.69) is 5.32 Å². The van der Waals surface area contributed by atoms with Crippen LogP contribution in [0.15, 0.2) is 59.5 Å². The lowest BCUT2D eigenvalue weighted by molar-refractivity contribution is -0.122. The molecule has 0 bridgehead atoms. The summed E-state index contributed by atoms with van der Waals surface area (Å²) in [6.45, 7) is 1.71. The molecule has 7 heteroatoms. The number of amides is 1. The Labute approximate surface area is 179 Å². The summed E-state index contributed by atoms with van der Waals surface area (Å²) in [5, 5.41) is 2.94. The van der Waals surface area contributed by atoms with Crippen LogP contribution in [0.1, 0.15) is 50.6 Å². The normalized spacial score (nSPS) is 16.2. The first-order valence-corrected chi connectivity index (χ1v) is 11.9. The van der Waals surface area contributed by atoms with Gasteiger partial charge in [0.2, 0.25) is 15.9 Å². The largest absolute Gasteiger partial charge is 0.497 e. The molecule has 6 nitrogen and oxygen atoms in total. The second kappa shape index (κ2) is 10.1. The Hall–Kier alpha value is -2.38. The summed E-state index contributed by atoms with van der Waals surface area (Å²) >= 11 is 0. The predicted octanol–water partition coefficient (Wildman–Crippen LogP) is 3.90. The zero-order valence-electron chi connectivity index (χ0n) is 17.6. The molecule has 2 aromatic rings.